The Morgan fingerprint density at radius 2 is 2.07 bits per heavy atom. The Morgan fingerprint density at radius 1 is 1.36 bits per heavy atom. The number of hydrogen-bond donors (Lipinski definition) is 2. The minimum atomic E-state index is -0.846. The Bertz CT molecular complexity index is 275. The van der Waals surface area contributed by atoms with Crippen molar-refractivity contribution in [1.82, 2.24) is 0 Å². The van der Waals surface area contributed by atoms with Crippen molar-refractivity contribution in [3.8, 4) is 11.5 Å². The van der Waals surface area contributed by atoms with Crippen molar-refractivity contribution in [1.29, 1.82) is 0 Å². The van der Waals surface area contributed by atoms with Crippen LogP contribution in [0.5, 0.6) is 11.5 Å². The van der Waals surface area contributed by atoms with Gasteiger partial charge in [0.1, 0.15) is 24.2 Å². The predicted molar refractivity (Wildman–Crippen MR) is 51.6 cm³/mol. The summed E-state index contributed by atoms with van der Waals surface area (Å²) in [5.41, 5.74) is 0. The maximum absolute atomic E-state index is 9.04. The first-order valence-electron chi connectivity index (χ1n) is 4.32. The van der Waals surface area contributed by atoms with Gasteiger partial charge in [-0.2, -0.15) is 0 Å². The van der Waals surface area contributed by atoms with Gasteiger partial charge < -0.3 is 19.7 Å². The van der Waals surface area contributed by atoms with Gasteiger partial charge in [-0.15, -0.1) is 0 Å². The number of benzene rings is 1. The average Bonchev–Trinajstić information content (AvgIpc) is 2.26. The van der Waals surface area contributed by atoms with Crippen LogP contribution in [0.1, 0.15) is 0 Å². The van der Waals surface area contributed by atoms with Crippen LogP contribution in [0.25, 0.3) is 0 Å². The molecule has 0 fully saturated rings. The third kappa shape index (κ3) is 3.24. The van der Waals surface area contributed by atoms with Gasteiger partial charge in [-0.25, -0.2) is 0 Å². The van der Waals surface area contributed by atoms with Gasteiger partial charge in [0.25, 0.3) is 0 Å². The van der Waals surface area contributed by atoms with Crippen molar-refractivity contribution in [3.63, 3.8) is 0 Å². The summed E-state index contributed by atoms with van der Waals surface area (Å²) < 4.78 is 10.2. The Kier molecular flexibility index (Phi) is 4.22. The molecule has 0 aliphatic carbocycles. The van der Waals surface area contributed by atoms with Gasteiger partial charge >= 0.3 is 0 Å². The minimum absolute atomic E-state index is 0.0731. The first-order valence-corrected chi connectivity index (χ1v) is 4.32. The molecule has 0 amide bonds. The molecule has 14 heavy (non-hydrogen) atoms. The van der Waals surface area contributed by atoms with E-state index in [1.54, 1.807) is 31.4 Å². The standard InChI is InChI=1S/C10H14O4/c1-13-9-3-2-4-10(5-9)14-7-8(12)6-11/h2-5,8,11-12H,6-7H2,1H3/t8-/m0/s1. The van der Waals surface area contributed by atoms with Crippen LogP contribution in [0.15, 0.2) is 24.3 Å². The quantitative estimate of drug-likeness (QED) is 0.720. The van der Waals surface area contributed by atoms with Crippen molar-refractivity contribution in [2.24, 2.45) is 0 Å². The zero-order valence-corrected chi connectivity index (χ0v) is 8.01. The lowest BCUT2D eigenvalue weighted by atomic mass is 10.3. The molecule has 0 aliphatic rings. The van der Waals surface area contributed by atoms with E-state index in [1.165, 1.54) is 0 Å². The van der Waals surface area contributed by atoms with Crippen molar-refractivity contribution < 1.29 is 19.7 Å². The fourth-order valence-electron chi connectivity index (χ4n) is 0.936. The molecule has 1 atom stereocenters. The highest BCUT2D eigenvalue weighted by Crippen LogP contribution is 2.18. The highest BCUT2D eigenvalue weighted by Gasteiger charge is 2.03. The molecule has 1 aromatic rings. The molecule has 0 unspecified atom stereocenters. The molecule has 0 heterocycles. The molecule has 2 N–H and O–H groups in total. The molecule has 1 rings (SSSR count). The van der Waals surface area contributed by atoms with E-state index in [1.807, 2.05) is 0 Å². The fourth-order valence-corrected chi connectivity index (χ4v) is 0.936. The third-order valence-corrected chi connectivity index (χ3v) is 1.69. The fraction of sp³-hybridized carbons (Fsp3) is 0.400. The molecule has 0 saturated heterocycles. The second-order valence-corrected chi connectivity index (χ2v) is 2.83. The molecule has 0 aromatic heterocycles. The Labute approximate surface area is 82.7 Å². The summed E-state index contributed by atoms with van der Waals surface area (Å²) in [7, 11) is 1.57. The average molecular weight is 198 g/mol. The first kappa shape index (κ1) is 10.8. The van der Waals surface area contributed by atoms with E-state index in [4.69, 9.17) is 19.7 Å². The minimum Gasteiger partial charge on any atom is -0.497 e. The predicted octanol–water partition coefficient (Wildman–Crippen LogP) is 0.427. The Hall–Kier alpha value is -1.26. The van der Waals surface area contributed by atoms with Crippen LogP contribution in [-0.2, 0) is 0 Å². The number of ether oxygens (including phenoxy) is 2. The second-order valence-electron chi connectivity index (χ2n) is 2.83. The van der Waals surface area contributed by atoms with Crippen molar-refractivity contribution in [2.45, 2.75) is 6.10 Å². The maximum atomic E-state index is 9.04. The van der Waals surface area contributed by atoms with Crippen molar-refractivity contribution in [2.75, 3.05) is 20.3 Å². The zero-order chi connectivity index (χ0) is 10.4. The highest BCUT2D eigenvalue weighted by atomic mass is 16.5. The molecule has 1 aromatic carbocycles. The van der Waals surface area contributed by atoms with Gasteiger partial charge in [0, 0.05) is 6.07 Å². The number of hydrogen-bond acceptors (Lipinski definition) is 4. The van der Waals surface area contributed by atoms with Crippen LogP contribution in [0, 0.1) is 0 Å². The van der Waals surface area contributed by atoms with E-state index in [0.717, 1.165) is 0 Å². The number of aliphatic hydroxyl groups is 2. The monoisotopic (exact) mass is 198 g/mol. The molecule has 4 nitrogen and oxygen atoms in total. The molecule has 0 spiro atoms. The van der Waals surface area contributed by atoms with Crippen LogP contribution in [-0.4, -0.2) is 36.6 Å². The molecule has 4 heteroatoms. The van der Waals surface area contributed by atoms with Crippen LogP contribution >= 0.6 is 0 Å². The zero-order valence-electron chi connectivity index (χ0n) is 8.01. The van der Waals surface area contributed by atoms with E-state index < -0.39 is 6.10 Å². The summed E-state index contributed by atoms with van der Waals surface area (Å²) >= 11 is 0. The second kappa shape index (κ2) is 5.47. The maximum Gasteiger partial charge on any atom is 0.123 e. The van der Waals surface area contributed by atoms with Gasteiger partial charge in [0.15, 0.2) is 0 Å². The van der Waals surface area contributed by atoms with Gasteiger partial charge in [-0.05, 0) is 12.1 Å². The van der Waals surface area contributed by atoms with E-state index >= 15 is 0 Å². The summed E-state index contributed by atoms with van der Waals surface area (Å²) in [5.74, 6) is 1.30. The van der Waals surface area contributed by atoms with Crippen molar-refractivity contribution in [3.05, 3.63) is 24.3 Å². The molecular weight excluding hydrogens is 184 g/mol. The topological polar surface area (TPSA) is 58.9 Å². The van der Waals surface area contributed by atoms with Crippen LogP contribution in [0.3, 0.4) is 0 Å². The largest absolute Gasteiger partial charge is 0.497 e. The summed E-state index contributed by atoms with van der Waals surface area (Å²) in [6.07, 6.45) is -0.846. The van der Waals surface area contributed by atoms with Gasteiger partial charge in [0.05, 0.1) is 13.7 Å². The van der Waals surface area contributed by atoms with Gasteiger partial charge in [0.2, 0.25) is 0 Å². The summed E-state index contributed by atoms with van der Waals surface area (Å²) in [4.78, 5) is 0. The van der Waals surface area contributed by atoms with Gasteiger partial charge in [-0.1, -0.05) is 6.07 Å². The lowest BCUT2D eigenvalue weighted by molar-refractivity contribution is 0.0535. The van der Waals surface area contributed by atoms with E-state index in [0.29, 0.717) is 11.5 Å². The van der Waals surface area contributed by atoms with Gasteiger partial charge in [-0.3, -0.25) is 0 Å². The summed E-state index contributed by atoms with van der Waals surface area (Å²) in [6, 6.07) is 7.06. The molecular formula is C10H14O4. The first-order chi connectivity index (χ1) is 6.76. The molecule has 78 valence electrons. The van der Waals surface area contributed by atoms with Crippen LogP contribution < -0.4 is 9.47 Å². The SMILES string of the molecule is COc1cccc(OC[C@@H](O)CO)c1. The van der Waals surface area contributed by atoms with E-state index in [-0.39, 0.29) is 13.2 Å². The third-order valence-electron chi connectivity index (χ3n) is 1.69. The lowest BCUT2D eigenvalue weighted by Crippen LogP contribution is -2.21. The summed E-state index contributed by atoms with van der Waals surface area (Å²) in [6.45, 7) is -0.229. The number of methoxy groups -OCH3 is 1. The molecule has 0 bridgehead atoms. The number of rotatable bonds is 5. The highest BCUT2D eigenvalue weighted by molar-refractivity contribution is 5.32. The van der Waals surface area contributed by atoms with Crippen LogP contribution in [0.4, 0.5) is 0 Å². The normalized spacial score (nSPS) is 12.2. The lowest BCUT2D eigenvalue weighted by Gasteiger charge is -2.10. The number of aliphatic hydroxyl groups excluding tert-OH is 2. The molecule has 0 aliphatic heterocycles. The summed E-state index contributed by atoms with van der Waals surface area (Å²) in [5, 5.41) is 17.6. The smallest absolute Gasteiger partial charge is 0.123 e. The Morgan fingerprint density at radius 3 is 2.71 bits per heavy atom. The molecule has 0 radical (unpaired) electrons. The van der Waals surface area contributed by atoms with Crippen LogP contribution in [0.2, 0.25) is 0 Å². The molecule has 0 saturated carbocycles. The Balaban J connectivity index is 2.50. The van der Waals surface area contributed by atoms with Crippen molar-refractivity contribution >= 4 is 0 Å². The van der Waals surface area contributed by atoms with E-state index in [9.17, 15) is 0 Å². The van der Waals surface area contributed by atoms with E-state index in [2.05, 4.69) is 0 Å².